The van der Waals surface area contributed by atoms with Gasteiger partial charge in [-0.3, -0.25) is 9.98 Å². The van der Waals surface area contributed by atoms with Crippen LogP contribution in [0.1, 0.15) is 26.0 Å². The standard InChI is InChI=1S/C10H14N2/c1-3-7-11-9(2)10-6-4-5-8-12-10/h4-6,8H,3,7H2,1-2H3/b11-9+. The summed E-state index contributed by atoms with van der Waals surface area (Å²) >= 11 is 0. The Hall–Kier alpha value is -1.18. The highest BCUT2D eigenvalue weighted by Crippen LogP contribution is 1.96. The summed E-state index contributed by atoms with van der Waals surface area (Å²) in [4.78, 5) is 8.57. The van der Waals surface area contributed by atoms with E-state index in [1.165, 1.54) is 0 Å². The summed E-state index contributed by atoms with van der Waals surface area (Å²) < 4.78 is 0. The third-order valence-electron chi connectivity index (χ3n) is 1.61. The first kappa shape index (κ1) is 8.91. The molecule has 1 aromatic rings. The van der Waals surface area contributed by atoms with Gasteiger partial charge in [0.1, 0.15) is 0 Å². The Labute approximate surface area is 73.4 Å². The normalized spacial score (nSPS) is 11.7. The molecule has 0 fully saturated rings. The van der Waals surface area contributed by atoms with Crippen molar-refractivity contribution < 1.29 is 0 Å². The van der Waals surface area contributed by atoms with Crippen molar-refractivity contribution in [3.63, 3.8) is 0 Å². The van der Waals surface area contributed by atoms with Gasteiger partial charge in [-0.1, -0.05) is 13.0 Å². The molecule has 0 aliphatic rings. The van der Waals surface area contributed by atoms with Gasteiger partial charge in [0, 0.05) is 12.7 Å². The molecule has 64 valence electrons. The molecule has 0 spiro atoms. The molecular weight excluding hydrogens is 148 g/mol. The van der Waals surface area contributed by atoms with Gasteiger partial charge in [0.25, 0.3) is 0 Å². The lowest BCUT2D eigenvalue weighted by Gasteiger charge is -1.97. The van der Waals surface area contributed by atoms with Crippen LogP contribution in [0.25, 0.3) is 0 Å². The second-order valence-corrected chi connectivity index (χ2v) is 2.68. The first-order chi connectivity index (χ1) is 5.84. The zero-order valence-corrected chi connectivity index (χ0v) is 7.62. The number of nitrogens with zero attached hydrogens (tertiary/aromatic N) is 2. The molecule has 1 rings (SSSR count). The van der Waals surface area contributed by atoms with E-state index in [4.69, 9.17) is 0 Å². The van der Waals surface area contributed by atoms with Crippen LogP contribution in [0.2, 0.25) is 0 Å². The highest BCUT2D eigenvalue weighted by molar-refractivity contribution is 5.96. The van der Waals surface area contributed by atoms with Gasteiger partial charge in [0.15, 0.2) is 0 Å². The van der Waals surface area contributed by atoms with Crippen LogP contribution in [0.5, 0.6) is 0 Å². The Morgan fingerprint density at radius 1 is 1.50 bits per heavy atom. The van der Waals surface area contributed by atoms with Crippen molar-refractivity contribution in [1.82, 2.24) is 4.98 Å². The van der Waals surface area contributed by atoms with Crippen LogP contribution in [0.4, 0.5) is 0 Å². The van der Waals surface area contributed by atoms with E-state index in [0.717, 1.165) is 24.4 Å². The molecule has 0 atom stereocenters. The van der Waals surface area contributed by atoms with Gasteiger partial charge in [0.2, 0.25) is 0 Å². The minimum absolute atomic E-state index is 0.891. The maximum atomic E-state index is 4.37. The fourth-order valence-corrected chi connectivity index (χ4v) is 0.937. The lowest BCUT2D eigenvalue weighted by Crippen LogP contribution is -1.98. The Morgan fingerprint density at radius 3 is 2.92 bits per heavy atom. The monoisotopic (exact) mass is 162 g/mol. The summed E-state index contributed by atoms with van der Waals surface area (Å²) in [5.41, 5.74) is 2.00. The van der Waals surface area contributed by atoms with Gasteiger partial charge in [-0.25, -0.2) is 0 Å². The van der Waals surface area contributed by atoms with E-state index in [1.54, 1.807) is 6.20 Å². The third kappa shape index (κ3) is 2.46. The quantitative estimate of drug-likeness (QED) is 0.626. The Morgan fingerprint density at radius 2 is 2.33 bits per heavy atom. The summed E-state index contributed by atoms with van der Waals surface area (Å²) in [6, 6.07) is 5.87. The van der Waals surface area contributed by atoms with Crippen LogP contribution >= 0.6 is 0 Å². The van der Waals surface area contributed by atoms with Crippen LogP contribution in [0.15, 0.2) is 29.4 Å². The number of pyridine rings is 1. The van der Waals surface area contributed by atoms with Crippen LogP contribution in [0, 0.1) is 0 Å². The first-order valence-corrected chi connectivity index (χ1v) is 4.27. The van der Waals surface area contributed by atoms with Crippen molar-refractivity contribution >= 4 is 5.71 Å². The molecule has 0 aliphatic carbocycles. The van der Waals surface area contributed by atoms with E-state index in [0.29, 0.717) is 0 Å². The van der Waals surface area contributed by atoms with Gasteiger partial charge in [-0.15, -0.1) is 0 Å². The predicted octanol–water partition coefficient (Wildman–Crippen LogP) is 2.30. The Bertz CT molecular complexity index is 252. The van der Waals surface area contributed by atoms with E-state index in [-0.39, 0.29) is 0 Å². The number of aliphatic imine (C=N–C) groups is 1. The third-order valence-corrected chi connectivity index (χ3v) is 1.61. The smallest absolute Gasteiger partial charge is 0.0836 e. The average molecular weight is 162 g/mol. The molecule has 1 heterocycles. The van der Waals surface area contributed by atoms with Crippen molar-refractivity contribution in [1.29, 1.82) is 0 Å². The molecule has 0 radical (unpaired) electrons. The minimum Gasteiger partial charge on any atom is -0.288 e. The van der Waals surface area contributed by atoms with Crippen molar-refractivity contribution in [3.05, 3.63) is 30.1 Å². The second kappa shape index (κ2) is 4.65. The zero-order valence-electron chi connectivity index (χ0n) is 7.62. The molecule has 0 saturated carbocycles. The molecule has 2 nitrogen and oxygen atoms in total. The van der Waals surface area contributed by atoms with Gasteiger partial charge in [-0.05, 0) is 25.5 Å². The highest BCUT2D eigenvalue weighted by atomic mass is 14.8. The van der Waals surface area contributed by atoms with E-state index in [1.807, 2.05) is 25.1 Å². The molecule has 2 heteroatoms. The van der Waals surface area contributed by atoms with E-state index < -0.39 is 0 Å². The average Bonchev–Trinajstić information content (AvgIpc) is 2.15. The maximum absolute atomic E-state index is 4.37. The van der Waals surface area contributed by atoms with Gasteiger partial charge in [0.05, 0.1) is 11.4 Å². The number of hydrogen-bond donors (Lipinski definition) is 0. The van der Waals surface area contributed by atoms with Gasteiger partial charge in [-0.2, -0.15) is 0 Å². The van der Waals surface area contributed by atoms with Gasteiger partial charge >= 0.3 is 0 Å². The molecule has 12 heavy (non-hydrogen) atoms. The molecular formula is C10H14N2. The van der Waals surface area contributed by atoms with Crippen molar-refractivity contribution in [2.24, 2.45) is 4.99 Å². The fourth-order valence-electron chi connectivity index (χ4n) is 0.937. The van der Waals surface area contributed by atoms with Crippen LogP contribution < -0.4 is 0 Å². The Balaban J connectivity index is 2.71. The SMILES string of the molecule is CCC/N=C(\C)c1ccccn1. The first-order valence-electron chi connectivity index (χ1n) is 4.27. The topological polar surface area (TPSA) is 25.2 Å². The predicted molar refractivity (Wildman–Crippen MR) is 51.6 cm³/mol. The molecule has 0 N–H and O–H groups in total. The highest BCUT2D eigenvalue weighted by Gasteiger charge is 1.94. The van der Waals surface area contributed by atoms with Crippen molar-refractivity contribution in [2.75, 3.05) is 6.54 Å². The summed E-state index contributed by atoms with van der Waals surface area (Å²) in [5.74, 6) is 0. The lowest BCUT2D eigenvalue weighted by molar-refractivity contribution is 0.930. The summed E-state index contributed by atoms with van der Waals surface area (Å²) in [7, 11) is 0. The van der Waals surface area contributed by atoms with Crippen molar-refractivity contribution in [3.8, 4) is 0 Å². The van der Waals surface area contributed by atoms with E-state index >= 15 is 0 Å². The number of rotatable bonds is 3. The maximum Gasteiger partial charge on any atom is 0.0836 e. The van der Waals surface area contributed by atoms with Gasteiger partial charge < -0.3 is 0 Å². The second-order valence-electron chi connectivity index (χ2n) is 2.68. The number of aromatic nitrogens is 1. The van der Waals surface area contributed by atoms with Crippen molar-refractivity contribution in [2.45, 2.75) is 20.3 Å². The van der Waals surface area contributed by atoms with Crippen LogP contribution in [-0.4, -0.2) is 17.2 Å². The lowest BCUT2D eigenvalue weighted by atomic mass is 10.2. The summed E-state index contributed by atoms with van der Waals surface area (Å²) in [5, 5.41) is 0. The summed E-state index contributed by atoms with van der Waals surface area (Å²) in [6.07, 6.45) is 2.88. The number of hydrogen-bond acceptors (Lipinski definition) is 2. The molecule has 0 amide bonds. The summed E-state index contributed by atoms with van der Waals surface area (Å²) in [6.45, 7) is 5.01. The molecule has 1 aromatic heterocycles. The minimum atomic E-state index is 0.891. The molecule has 0 unspecified atom stereocenters. The zero-order chi connectivity index (χ0) is 8.81. The Kier molecular flexibility index (Phi) is 3.45. The fraction of sp³-hybridized carbons (Fsp3) is 0.400. The molecule has 0 bridgehead atoms. The molecule has 0 saturated heterocycles. The van der Waals surface area contributed by atoms with Crippen LogP contribution in [-0.2, 0) is 0 Å². The molecule has 0 aromatic carbocycles. The van der Waals surface area contributed by atoms with Crippen LogP contribution in [0.3, 0.4) is 0 Å². The van der Waals surface area contributed by atoms with E-state index in [9.17, 15) is 0 Å². The molecule has 0 aliphatic heterocycles. The largest absolute Gasteiger partial charge is 0.288 e. The van der Waals surface area contributed by atoms with E-state index in [2.05, 4.69) is 16.9 Å².